The van der Waals surface area contributed by atoms with Gasteiger partial charge in [-0.1, -0.05) is 18.2 Å². The van der Waals surface area contributed by atoms with Crippen molar-refractivity contribution in [2.24, 2.45) is 0 Å². The molecule has 0 saturated carbocycles. The van der Waals surface area contributed by atoms with Crippen LogP contribution in [0.5, 0.6) is 0 Å². The van der Waals surface area contributed by atoms with Crippen molar-refractivity contribution in [3.05, 3.63) is 64.2 Å². The molecule has 0 atom stereocenters. The van der Waals surface area contributed by atoms with Gasteiger partial charge in [-0.05, 0) is 18.7 Å². The molecule has 118 valence electrons. The molecule has 0 unspecified atom stereocenters. The van der Waals surface area contributed by atoms with Crippen molar-refractivity contribution in [3.8, 4) is 0 Å². The van der Waals surface area contributed by atoms with Gasteiger partial charge in [0.2, 0.25) is 0 Å². The Hall–Kier alpha value is -2.60. The van der Waals surface area contributed by atoms with Crippen molar-refractivity contribution in [1.82, 2.24) is 19.5 Å². The molecule has 1 aliphatic rings. The molecule has 0 saturated heterocycles. The predicted molar refractivity (Wildman–Crippen MR) is 89.6 cm³/mol. The first-order chi connectivity index (χ1) is 11.2. The normalized spacial score (nSPS) is 15.6. The highest BCUT2D eigenvalue weighted by atomic mass is 16.1. The van der Waals surface area contributed by atoms with E-state index < -0.39 is 0 Å². The Morgan fingerprint density at radius 2 is 2.09 bits per heavy atom. The van der Waals surface area contributed by atoms with E-state index in [9.17, 15) is 4.79 Å². The zero-order valence-corrected chi connectivity index (χ0v) is 13.1. The summed E-state index contributed by atoms with van der Waals surface area (Å²) in [5, 5.41) is 2.87. The molecule has 3 aromatic rings. The van der Waals surface area contributed by atoms with Crippen LogP contribution in [0.15, 0.2) is 47.4 Å². The Morgan fingerprint density at radius 3 is 3.00 bits per heavy atom. The number of nitrogens with one attached hydrogen (secondary N) is 1. The Labute approximate surface area is 134 Å². The third kappa shape index (κ3) is 2.61. The summed E-state index contributed by atoms with van der Waals surface area (Å²) in [7, 11) is 2.14. The average Bonchev–Trinajstić information content (AvgIpc) is 2.95. The second kappa shape index (κ2) is 5.55. The molecule has 6 nitrogen and oxygen atoms in total. The molecular weight excluding hydrogens is 290 g/mol. The smallest absolute Gasteiger partial charge is 0.272 e. The molecule has 0 bridgehead atoms. The lowest BCUT2D eigenvalue weighted by Gasteiger charge is -2.24. The van der Waals surface area contributed by atoms with Gasteiger partial charge in [0.1, 0.15) is 0 Å². The summed E-state index contributed by atoms with van der Waals surface area (Å²) >= 11 is 0. The third-order valence-electron chi connectivity index (χ3n) is 4.31. The standard InChI is InChI=1S/C17H19N5O/c1-20-8-9-21(15-5-3-2-4-13(15)11-20)12-14-10-17(23)22-16(19-14)6-7-18-22/h2-7,10,18H,8-9,11-12H2,1H3. The van der Waals surface area contributed by atoms with Gasteiger partial charge in [-0.15, -0.1) is 0 Å². The van der Waals surface area contributed by atoms with E-state index in [2.05, 4.69) is 51.2 Å². The van der Waals surface area contributed by atoms with Crippen molar-refractivity contribution in [1.29, 1.82) is 0 Å². The molecule has 1 N–H and O–H groups in total. The number of hydrogen-bond acceptors (Lipinski definition) is 4. The van der Waals surface area contributed by atoms with Crippen LogP contribution in [0.3, 0.4) is 0 Å². The Kier molecular flexibility index (Phi) is 3.38. The number of likely N-dealkylation sites (N-methyl/N-ethyl adjacent to an activating group) is 1. The van der Waals surface area contributed by atoms with E-state index in [-0.39, 0.29) is 5.56 Å². The maximum atomic E-state index is 12.1. The van der Waals surface area contributed by atoms with Gasteiger partial charge >= 0.3 is 0 Å². The highest BCUT2D eigenvalue weighted by Crippen LogP contribution is 2.25. The van der Waals surface area contributed by atoms with Crippen LogP contribution in [0.2, 0.25) is 0 Å². The summed E-state index contributed by atoms with van der Waals surface area (Å²) in [5.41, 5.74) is 3.93. The van der Waals surface area contributed by atoms with Crippen LogP contribution in [0.1, 0.15) is 11.3 Å². The summed E-state index contributed by atoms with van der Waals surface area (Å²) in [5.74, 6) is 0. The minimum atomic E-state index is -0.0739. The first-order valence-electron chi connectivity index (χ1n) is 7.78. The lowest BCUT2D eigenvalue weighted by molar-refractivity contribution is 0.341. The van der Waals surface area contributed by atoms with E-state index in [4.69, 9.17) is 0 Å². The summed E-state index contributed by atoms with van der Waals surface area (Å²) in [6.07, 6.45) is 1.73. The first-order valence-corrected chi connectivity index (χ1v) is 7.78. The number of benzene rings is 1. The molecule has 1 aromatic carbocycles. The Morgan fingerprint density at radius 1 is 1.22 bits per heavy atom. The summed E-state index contributed by atoms with van der Waals surface area (Å²) in [6.45, 7) is 3.49. The van der Waals surface area contributed by atoms with Crippen LogP contribution >= 0.6 is 0 Å². The number of aromatic nitrogens is 3. The fourth-order valence-corrected chi connectivity index (χ4v) is 3.15. The van der Waals surface area contributed by atoms with Crippen LogP contribution in [0.25, 0.3) is 5.65 Å². The largest absolute Gasteiger partial charge is 0.364 e. The van der Waals surface area contributed by atoms with Crippen LogP contribution in [0.4, 0.5) is 5.69 Å². The molecule has 3 heterocycles. The molecule has 4 rings (SSSR count). The summed E-state index contributed by atoms with van der Waals surface area (Å²) < 4.78 is 1.45. The maximum absolute atomic E-state index is 12.1. The minimum Gasteiger partial charge on any atom is -0.364 e. The number of rotatable bonds is 2. The van der Waals surface area contributed by atoms with Crippen LogP contribution in [-0.2, 0) is 13.1 Å². The maximum Gasteiger partial charge on any atom is 0.272 e. The zero-order valence-electron chi connectivity index (χ0n) is 13.1. The lowest BCUT2D eigenvalue weighted by atomic mass is 10.1. The molecule has 23 heavy (non-hydrogen) atoms. The summed E-state index contributed by atoms with van der Waals surface area (Å²) in [4.78, 5) is 21.3. The van der Waals surface area contributed by atoms with Crippen molar-refractivity contribution in [3.63, 3.8) is 0 Å². The quantitative estimate of drug-likeness (QED) is 0.779. The van der Waals surface area contributed by atoms with E-state index >= 15 is 0 Å². The van der Waals surface area contributed by atoms with E-state index in [1.807, 2.05) is 6.07 Å². The highest BCUT2D eigenvalue weighted by Gasteiger charge is 2.18. The molecule has 0 radical (unpaired) electrons. The van der Waals surface area contributed by atoms with Gasteiger partial charge in [0.15, 0.2) is 5.65 Å². The van der Waals surface area contributed by atoms with Gasteiger partial charge in [-0.3, -0.25) is 9.89 Å². The average molecular weight is 309 g/mol. The molecular formula is C17H19N5O. The minimum absolute atomic E-state index is 0.0739. The number of nitrogens with zero attached hydrogens (tertiary/aromatic N) is 4. The number of aromatic amines is 1. The van der Waals surface area contributed by atoms with E-state index in [0.717, 1.165) is 25.3 Å². The third-order valence-corrected chi connectivity index (χ3v) is 4.31. The van der Waals surface area contributed by atoms with Crippen molar-refractivity contribution < 1.29 is 0 Å². The van der Waals surface area contributed by atoms with Gasteiger partial charge in [0.25, 0.3) is 5.56 Å². The van der Waals surface area contributed by atoms with Crippen LogP contribution < -0.4 is 10.5 Å². The van der Waals surface area contributed by atoms with Crippen molar-refractivity contribution >= 4 is 11.3 Å². The Balaban J connectivity index is 1.71. The van der Waals surface area contributed by atoms with E-state index in [0.29, 0.717) is 12.2 Å². The van der Waals surface area contributed by atoms with Gasteiger partial charge in [0, 0.05) is 43.7 Å². The SMILES string of the molecule is CN1CCN(Cc2cc(=O)n3[nH]ccc3n2)c2ccccc2C1. The van der Waals surface area contributed by atoms with E-state index in [1.54, 1.807) is 12.3 Å². The fourth-order valence-electron chi connectivity index (χ4n) is 3.15. The highest BCUT2D eigenvalue weighted by molar-refractivity contribution is 5.54. The number of H-pyrrole nitrogens is 1. The van der Waals surface area contributed by atoms with E-state index in [1.165, 1.54) is 15.8 Å². The van der Waals surface area contributed by atoms with Crippen LogP contribution in [0, 0.1) is 0 Å². The van der Waals surface area contributed by atoms with Gasteiger partial charge in [-0.2, -0.15) is 0 Å². The van der Waals surface area contributed by atoms with Gasteiger partial charge in [-0.25, -0.2) is 9.50 Å². The summed E-state index contributed by atoms with van der Waals surface area (Å²) in [6, 6.07) is 11.9. The molecule has 6 heteroatoms. The molecule has 0 spiro atoms. The van der Waals surface area contributed by atoms with Crippen LogP contribution in [-0.4, -0.2) is 39.6 Å². The molecule has 1 aliphatic heterocycles. The lowest BCUT2D eigenvalue weighted by Crippen LogP contribution is -2.30. The molecule has 0 aliphatic carbocycles. The van der Waals surface area contributed by atoms with Crippen molar-refractivity contribution in [2.45, 2.75) is 13.1 Å². The topological polar surface area (TPSA) is 56.6 Å². The second-order valence-electron chi connectivity index (χ2n) is 6.03. The molecule has 0 fully saturated rings. The second-order valence-corrected chi connectivity index (χ2v) is 6.03. The number of fused-ring (bicyclic) bond motifs is 2. The number of anilines is 1. The fraction of sp³-hybridized carbons (Fsp3) is 0.294. The monoisotopic (exact) mass is 309 g/mol. The predicted octanol–water partition coefficient (Wildman–Crippen LogP) is 1.47. The molecule has 2 aromatic heterocycles. The number of hydrogen-bond donors (Lipinski definition) is 1. The molecule has 0 amide bonds. The zero-order chi connectivity index (χ0) is 15.8. The first kappa shape index (κ1) is 14.0. The number of para-hydroxylation sites is 1. The van der Waals surface area contributed by atoms with Crippen molar-refractivity contribution in [2.75, 3.05) is 25.0 Å². The Bertz CT molecular complexity index is 897. The van der Waals surface area contributed by atoms with Gasteiger partial charge < -0.3 is 9.80 Å². The van der Waals surface area contributed by atoms with Gasteiger partial charge in [0.05, 0.1) is 12.2 Å².